The molecule has 64 valence electrons. The maximum Gasteiger partial charge on any atom is 0.227 e. The Labute approximate surface area is 71.1 Å². The molecule has 0 aromatic rings. The van der Waals surface area contributed by atoms with Crippen LogP contribution < -0.4 is 5.32 Å². The number of nitrogens with one attached hydrogen (secondary N) is 1. The molecule has 1 fully saturated rings. The van der Waals surface area contributed by atoms with Crippen LogP contribution in [0.25, 0.3) is 0 Å². The van der Waals surface area contributed by atoms with E-state index in [-0.39, 0.29) is 17.3 Å². The zero-order valence-corrected chi connectivity index (χ0v) is 7.23. The van der Waals surface area contributed by atoms with E-state index in [9.17, 15) is 4.79 Å². The summed E-state index contributed by atoms with van der Waals surface area (Å²) >= 11 is 5.31. The summed E-state index contributed by atoms with van der Waals surface area (Å²) in [6.07, 6.45) is -0.0475. The van der Waals surface area contributed by atoms with E-state index in [2.05, 4.69) is 5.32 Å². The van der Waals surface area contributed by atoms with Gasteiger partial charge >= 0.3 is 0 Å². The summed E-state index contributed by atoms with van der Waals surface area (Å²) in [5.74, 6) is -0.204. The van der Waals surface area contributed by atoms with Crippen LogP contribution in [0.4, 0.5) is 0 Å². The second-order valence-electron chi connectivity index (χ2n) is 2.71. The molecule has 0 aromatic carbocycles. The Morgan fingerprint density at radius 3 is 3.00 bits per heavy atom. The summed E-state index contributed by atoms with van der Waals surface area (Å²) in [4.78, 5) is 10.7. The molecule has 1 aliphatic rings. The molecule has 0 aromatic heterocycles. The lowest BCUT2D eigenvalue weighted by Crippen LogP contribution is -2.43. The summed E-state index contributed by atoms with van der Waals surface area (Å²) in [5.41, 5.74) is 0. The van der Waals surface area contributed by atoms with Crippen molar-refractivity contribution in [2.45, 2.75) is 13.0 Å². The lowest BCUT2D eigenvalue weighted by atomic mass is 10.1. The van der Waals surface area contributed by atoms with E-state index in [0.717, 1.165) is 13.1 Å². The molecule has 3 nitrogen and oxygen atoms in total. The summed E-state index contributed by atoms with van der Waals surface area (Å²) < 4.78 is 5.33. The number of carbonyl (C=O) groups excluding carboxylic acids is 1. The van der Waals surface area contributed by atoms with Crippen molar-refractivity contribution in [1.29, 1.82) is 0 Å². The van der Waals surface area contributed by atoms with Gasteiger partial charge in [-0.15, -0.1) is 0 Å². The summed E-state index contributed by atoms with van der Waals surface area (Å²) in [6, 6.07) is 0. The highest BCUT2D eigenvalue weighted by Gasteiger charge is 2.24. The van der Waals surface area contributed by atoms with Crippen molar-refractivity contribution in [2.24, 2.45) is 5.92 Å². The van der Waals surface area contributed by atoms with Crippen molar-refractivity contribution in [3.05, 3.63) is 0 Å². The molecule has 1 rings (SSSR count). The van der Waals surface area contributed by atoms with Crippen molar-refractivity contribution < 1.29 is 9.53 Å². The number of halogens is 1. The smallest absolute Gasteiger partial charge is 0.227 e. The van der Waals surface area contributed by atoms with Crippen molar-refractivity contribution in [1.82, 2.24) is 5.32 Å². The van der Waals surface area contributed by atoms with Gasteiger partial charge in [0.05, 0.1) is 18.6 Å². The highest BCUT2D eigenvalue weighted by atomic mass is 35.5. The van der Waals surface area contributed by atoms with Crippen LogP contribution in [0.1, 0.15) is 6.92 Å². The minimum atomic E-state index is -0.321. The number of ether oxygens (including phenoxy) is 1. The summed E-state index contributed by atoms with van der Waals surface area (Å²) in [7, 11) is 0. The van der Waals surface area contributed by atoms with E-state index in [0.29, 0.717) is 6.61 Å². The largest absolute Gasteiger partial charge is 0.375 e. The number of rotatable bonds is 2. The third-order valence-corrected chi connectivity index (χ3v) is 2.22. The van der Waals surface area contributed by atoms with Gasteiger partial charge in [0.1, 0.15) is 0 Å². The Balaban J connectivity index is 2.38. The van der Waals surface area contributed by atoms with Gasteiger partial charge < -0.3 is 10.1 Å². The van der Waals surface area contributed by atoms with E-state index in [1.54, 1.807) is 6.92 Å². The minimum Gasteiger partial charge on any atom is -0.375 e. The van der Waals surface area contributed by atoms with Gasteiger partial charge in [0.2, 0.25) is 5.24 Å². The topological polar surface area (TPSA) is 38.3 Å². The van der Waals surface area contributed by atoms with Crippen molar-refractivity contribution in [3.8, 4) is 0 Å². The second-order valence-corrected chi connectivity index (χ2v) is 3.08. The molecular formula is C7H12ClNO2. The van der Waals surface area contributed by atoms with E-state index >= 15 is 0 Å². The SMILES string of the molecule is CC(C(=O)Cl)C1CNCCO1. The van der Waals surface area contributed by atoms with Gasteiger partial charge in [0.15, 0.2) is 0 Å². The van der Waals surface area contributed by atoms with Gasteiger partial charge in [-0.2, -0.15) is 0 Å². The lowest BCUT2D eigenvalue weighted by Gasteiger charge is -2.26. The molecule has 0 bridgehead atoms. The molecule has 0 spiro atoms. The zero-order chi connectivity index (χ0) is 8.27. The van der Waals surface area contributed by atoms with Gasteiger partial charge in [-0.05, 0) is 11.6 Å². The Morgan fingerprint density at radius 2 is 2.55 bits per heavy atom. The molecule has 2 unspecified atom stereocenters. The molecule has 1 saturated heterocycles. The van der Waals surface area contributed by atoms with Gasteiger partial charge in [0, 0.05) is 13.1 Å². The third kappa shape index (κ3) is 2.43. The standard InChI is InChI=1S/C7H12ClNO2/c1-5(7(8)10)6-4-9-2-3-11-6/h5-6,9H,2-4H2,1H3. The fraction of sp³-hybridized carbons (Fsp3) is 0.857. The van der Waals surface area contributed by atoms with Crippen molar-refractivity contribution in [2.75, 3.05) is 19.7 Å². The third-order valence-electron chi connectivity index (χ3n) is 1.87. The summed E-state index contributed by atoms with van der Waals surface area (Å²) in [5, 5.41) is 2.81. The Hall–Kier alpha value is -0.120. The van der Waals surface area contributed by atoms with Crippen molar-refractivity contribution >= 4 is 16.8 Å². The highest BCUT2D eigenvalue weighted by molar-refractivity contribution is 6.64. The average molecular weight is 178 g/mol. The number of carbonyl (C=O) groups is 1. The van der Waals surface area contributed by atoms with Crippen LogP contribution in [0.3, 0.4) is 0 Å². The monoisotopic (exact) mass is 177 g/mol. The molecule has 2 atom stereocenters. The zero-order valence-electron chi connectivity index (χ0n) is 6.47. The molecule has 1 N–H and O–H groups in total. The average Bonchev–Trinajstić information content (AvgIpc) is 2.05. The molecule has 0 aliphatic carbocycles. The normalized spacial score (nSPS) is 28.0. The Kier molecular flexibility index (Phi) is 3.30. The molecule has 1 heterocycles. The van der Waals surface area contributed by atoms with Crippen LogP contribution in [0.2, 0.25) is 0 Å². The maximum absolute atomic E-state index is 10.7. The molecule has 0 amide bonds. The Morgan fingerprint density at radius 1 is 1.82 bits per heavy atom. The van der Waals surface area contributed by atoms with Crippen LogP contribution >= 0.6 is 11.6 Å². The number of morpholine rings is 1. The molecule has 0 saturated carbocycles. The fourth-order valence-corrected chi connectivity index (χ4v) is 1.19. The van der Waals surface area contributed by atoms with Crippen LogP contribution in [-0.2, 0) is 9.53 Å². The lowest BCUT2D eigenvalue weighted by molar-refractivity contribution is -0.120. The first-order valence-corrected chi connectivity index (χ1v) is 4.11. The Bertz CT molecular complexity index is 145. The number of hydrogen-bond acceptors (Lipinski definition) is 3. The highest BCUT2D eigenvalue weighted by Crippen LogP contribution is 2.11. The minimum absolute atomic E-state index is 0.0475. The predicted octanol–water partition coefficient (Wildman–Crippen LogP) is 0.376. The van der Waals surface area contributed by atoms with E-state index in [4.69, 9.17) is 16.3 Å². The van der Waals surface area contributed by atoms with Crippen molar-refractivity contribution in [3.63, 3.8) is 0 Å². The molecule has 0 radical (unpaired) electrons. The maximum atomic E-state index is 10.7. The molecule has 4 heteroatoms. The van der Waals surface area contributed by atoms with Gasteiger partial charge in [-0.25, -0.2) is 0 Å². The number of hydrogen-bond donors (Lipinski definition) is 1. The van der Waals surface area contributed by atoms with E-state index in [1.165, 1.54) is 0 Å². The first kappa shape index (κ1) is 8.97. The van der Waals surface area contributed by atoms with Gasteiger partial charge in [0.25, 0.3) is 0 Å². The predicted molar refractivity (Wildman–Crippen MR) is 42.6 cm³/mol. The van der Waals surface area contributed by atoms with Gasteiger partial charge in [-0.1, -0.05) is 6.92 Å². The van der Waals surface area contributed by atoms with Crippen LogP contribution in [0, 0.1) is 5.92 Å². The molecular weight excluding hydrogens is 166 g/mol. The molecule has 11 heavy (non-hydrogen) atoms. The van der Waals surface area contributed by atoms with E-state index < -0.39 is 0 Å². The molecule has 1 aliphatic heterocycles. The quantitative estimate of drug-likeness (QED) is 0.620. The van der Waals surface area contributed by atoms with Crippen LogP contribution in [0.5, 0.6) is 0 Å². The summed E-state index contributed by atoms with van der Waals surface area (Å²) in [6.45, 7) is 4.03. The van der Waals surface area contributed by atoms with Crippen LogP contribution in [0.15, 0.2) is 0 Å². The van der Waals surface area contributed by atoms with Gasteiger partial charge in [-0.3, -0.25) is 4.79 Å². The first-order valence-electron chi connectivity index (χ1n) is 3.73. The van der Waals surface area contributed by atoms with E-state index in [1.807, 2.05) is 0 Å². The fourth-order valence-electron chi connectivity index (χ4n) is 1.05. The second kappa shape index (κ2) is 4.04. The first-order chi connectivity index (χ1) is 5.22. The van der Waals surface area contributed by atoms with Crippen LogP contribution in [-0.4, -0.2) is 31.0 Å².